The minimum Gasteiger partial charge on any atom is -0.507 e. The Morgan fingerprint density at radius 3 is 1.33 bits per heavy atom. The average molecular weight is 1120 g/mol. The number of para-hydroxylation sites is 2. The van der Waals surface area contributed by atoms with Gasteiger partial charge in [0, 0.05) is 23.5 Å². The van der Waals surface area contributed by atoms with E-state index in [1.807, 2.05) is 65.4 Å². The van der Waals surface area contributed by atoms with Crippen molar-refractivity contribution in [1.29, 1.82) is 0 Å². The summed E-state index contributed by atoms with van der Waals surface area (Å²) in [6.45, 7) is 6.58. The number of amides is 2. The van der Waals surface area contributed by atoms with Crippen molar-refractivity contribution in [1.82, 2.24) is 29.5 Å². The standard InChI is InChI=1S/C41H34N4O4S.C22H20N4O4S/c1-28(2)50(48,49)33-24-22-29(23-25-33)35-26-42-39-38(43-35)36(44-40(47)34-20-12-13-21-37(34)46)27-45(39)41(30-14-6-3-7-15-30,31-16-8-4-9-17-31)32-18-10-5-11-19-32;1-13(2)31(29,30)15-9-7-14(8-10-15)17-11-23-21-20(25-17)18(12-24-21)26-22(28)16-5-3-4-6-19(16)27/h3-28,46H,1-2H3,(H,44,47);3-13,27H,1-2H3,(H,23,24)(H,26,28). The van der Waals surface area contributed by atoms with E-state index in [1.54, 1.807) is 125 Å². The number of benzene rings is 7. The number of H-pyrrole nitrogens is 1. The van der Waals surface area contributed by atoms with Crippen molar-refractivity contribution in [2.75, 3.05) is 10.6 Å². The van der Waals surface area contributed by atoms with Gasteiger partial charge in [-0.1, -0.05) is 140 Å². The number of fused-ring (bicyclic) bond motifs is 2. The fourth-order valence-electron chi connectivity index (χ4n) is 9.44. The normalized spacial score (nSPS) is 11.8. The van der Waals surface area contributed by atoms with Crippen molar-refractivity contribution in [3.63, 3.8) is 0 Å². The number of aromatic nitrogens is 6. The second kappa shape index (κ2) is 22.5. The van der Waals surface area contributed by atoms with E-state index in [-0.39, 0.29) is 32.4 Å². The molecule has 0 bridgehead atoms. The number of anilines is 2. The van der Waals surface area contributed by atoms with Gasteiger partial charge in [0.15, 0.2) is 31.0 Å². The number of aromatic hydroxyl groups is 2. The summed E-state index contributed by atoms with van der Waals surface area (Å²) in [5.41, 5.74) is 7.18. The lowest BCUT2D eigenvalue weighted by Gasteiger charge is -2.38. The van der Waals surface area contributed by atoms with Crippen LogP contribution in [0.15, 0.2) is 223 Å². The molecule has 2 amide bonds. The number of nitrogens with one attached hydrogen (secondary N) is 3. The molecule has 4 heterocycles. The average Bonchev–Trinajstić information content (AvgIpc) is 4.29. The Morgan fingerprint density at radius 2 is 0.901 bits per heavy atom. The third kappa shape index (κ3) is 10.6. The Labute approximate surface area is 467 Å². The minimum atomic E-state index is -3.46. The van der Waals surface area contributed by atoms with E-state index in [0.717, 1.165) is 16.7 Å². The van der Waals surface area contributed by atoms with E-state index in [1.165, 1.54) is 18.2 Å². The number of hydrogen-bond donors (Lipinski definition) is 5. The maximum Gasteiger partial charge on any atom is 0.259 e. The lowest BCUT2D eigenvalue weighted by atomic mass is 9.76. The van der Waals surface area contributed by atoms with Crippen molar-refractivity contribution in [3.8, 4) is 34.0 Å². The summed E-state index contributed by atoms with van der Waals surface area (Å²) >= 11 is 0. The molecule has 0 fully saturated rings. The molecular weight excluding hydrogens is 1060 g/mol. The van der Waals surface area contributed by atoms with Crippen molar-refractivity contribution in [2.24, 2.45) is 0 Å². The van der Waals surface area contributed by atoms with Crippen LogP contribution in [0.5, 0.6) is 11.5 Å². The Balaban J connectivity index is 0.000000203. The molecule has 81 heavy (non-hydrogen) atoms. The molecule has 4 aromatic heterocycles. The number of nitrogens with zero attached hydrogens (tertiary/aromatic N) is 5. The van der Waals surface area contributed by atoms with Gasteiger partial charge in [-0.15, -0.1) is 0 Å². The van der Waals surface area contributed by atoms with E-state index >= 15 is 0 Å². The van der Waals surface area contributed by atoms with Gasteiger partial charge in [0.05, 0.1) is 66.6 Å². The number of hydrogen-bond acceptors (Lipinski definition) is 12. The second-order valence-corrected chi connectivity index (χ2v) is 24.5. The van der Waals surface area contributed by atoms with Gasteiger partial charge in [0.2, 0.25) is 0 Å². The first-order valence-corrected chi connectivity index (χ1v) is 28.8. The van der Waals surface area contributed by atoms with Crippen LogP contribution in [-0.2, 0) is 25.2 Å². The monoisotopic (exact) mass is 1110 g/mol. The third-order valence-corrected chi connectivity index (χ3v) is 18.1. The van der Waals surface area contributed by atoms with Crippen LogP contribution < -0.4 is 10.6 Å². The van der Waals surface area contributed by atoms with Gasteiger partial charge in [-0.05, 0) is 92.9 Å². The summed E-state index contributed by atoms with van der Waals surface area (Å²) in [5, 5.41) is 25.1. The number of aromatic amines is 1. The fourth-order valence-corrected chi connectivity index (χ4v) is 11.6. The predicted octanol–water partition coefficient (Wildman–Crippen LogP) is 11.8. The first-order chi connectivity index (χ1) is 39.0. The molecule has 0 unspecified atom stereocenters. The molecular formula is C63H54N8O8S2. The second-order valence-electron chi connectivity index (χ2n) is 19.5. The molecule has 18 heteroatoms. The molecule has 0 radical (unpaired) electrons. The van der Waals surface area contributed by atoms with Gasteiger partial charge in [-0.2, -0.15) is 0 Å². The smallest absolute Gasteiger partial charge is 0.259 e. The highest BCUT2D eigenvalue weighted by atomic mass is 32.2. The fraction of sp³-hybridized carbons (Fsp3) is 0.111. The molecule has 0 spiro atoms. The van der Waals surface area contributed by atoms with Crippen molar-refractivity contribution >= 4 is 65.2 Å². The Morgan fingerprint density at radius 1 is 0.506 bits per heavy atom. The zero-order chi connectivity index (χ0) is 57.1. The quantitative estimate of drug-likeness (QED) is 0.0639. The number of carbonyl (C=O) groups excluding carboxylic acids is 2. The molecule has 11 aromatic rings. The van der Waals surface area contributed by atoms with Crippen molar-refractivity contribution in [2.45, 2.75) is 53.5 Å². The number of phenolic OH excluding ortho intramolecular Hbond substituents is 2. The Bertz CT molecular complexity index is 4230. The predicted molar refractivity (Wildman–Crippen MR) is 314 cm³/mol. The molecule has 0 atom stereocenters. The summed E-state index contributed by atoms with van der Waals surface area (Å²) in [4.78, 5) is 48.6. The van der Waals surface area contributed by atoms with Crippen LogP contribution in [0.3, 0.4) is 0 Å². The van der Waals surface area contributed by atoms with Crippen LogP contribution in [0, 0.1) is 0 Å². The summed E-state index contributed by atoms with van der Waals surface area (Å²) in [6.07, 6.45) is 6.65. The van der Waals surface area contributed by atoms with E-state index in [0.29, 0.717) is 56.2 Å². The first kappa shape index (κ1) is 54.6. The van der Waals surface area contributed by atoms with Gasteiger partial charge >= 0.3 is 0 Å². The van der Waals surface area contributed by atoms with Gasteiger partial charge in [0.1, 0.15) is 28.1 Å². The maximum atomic E-state index is 13.7. The van der Waals surface area contributed by atoms with Crippen LogP contribution in [-0.4, -0.2) is 78.8 Å². The Kier molecular flexibility index (Phi) is 15.2. The number of sulfone groups is 2. The van der Waals surface area contributed by atoms with Crippen LogP contribution >= 0.6 is 0 Å². The molecule has 0 aliphatic rings. The Hall–Kier alpha value is -9.78. The molecule has 0 saturated heterocycles. The summed E-state index contributed by atoms with van der Waals surface area (Å²) in [5.74, 6) is -1.26. The highest BCUT2D eigenvalue weighted by Crippen LogP contribution is 2.44. The largest absolute Gasteiger partial charge is 0.507 e. The van der Waals surface area contributed by atoms with Crippen molar-refractivity contribution in [3.05, 3.63) is 241 Å². The van der Waals surface area contributed by atoms with E-state index in [2.05, 4.69) is 62.0 Å². The minimum absolute atomic E-state index is 0.111. The number of phenols is 2. The lowest BCUT2D eigenvalue weighted by Crippen LogP contribution is -2.37. The van der Waals surface area contributed by atoms with Crippen LogP contribution in [0.25, 0.3) is 44.8 Å². The van der Waals surface area contributed by atoms with Crippen LogP contribution in [0.4, 0.5) is 11.4 Å². The van der Waals surface area contributed by atoms with Gasteiger partial charge in [0.25, 0.3) is 11.8 Å². The lowest BCUT2D eigenvalue weighted by molar-refractivity contribution is 0.101. The summed E-state index contributed by atoms with van der Waals surface area (Å²) < 4.78 is 52.3. The van der Waals surface area contributed by atoms with E-state index < -0.39 is 47.5 Å². The molecule has 406 valence electrons. The van der Waals surface area contributed by atoms with Crippen LogP contribution in [0.1, 0.15) is 65.1 Å². The summed E-state index contributed by atoms with van der Waals surface area (Å²) in [6, 6.07) is 55.9. The molecule has 5 N–H and O–H groups in total. The van der Waals surface area contributed by atoms with Crippen molar-refractivity contribution < 1.29 is 36.6 Å². The number of rotatable bonds is 14. The van der Waals surface area contributed by atoms with Gasteiger partial charge in [-0.25, -0.2) is 36.8 Å². The zero-order valence-corrected chi connectivity index (χ0v) is 45.9. The molecule has 16 nitrogen and oxygen atoms in total. The number of carbonyl (C=O) groups is 2. The molecule has 11 rings (SSSR count). The van der Waals surface area contributed by atoms with Crippen LogP contribution in [0.2, 0.25) is 0 Å². The van der Waals surface area contributed by atoms with E-state index in [9.17, 15) is 36.6 Å². The van der Waals surface area contributed by atoms with E-state index in [4.69, 9.17) is 9.97 Å². The molecule has 0 saturated carbocycles. The highest BCUT2D eigenvalue weighted by Gasteiger charge is 2.40. The molecule has 0 aliphatic heterocycles. The third-order valence-electron chi connectivity index (χ3n) is 13.8. The SMILES string of the molecule is CC(C)S(=O)(=O)c1ccc(-c2cnc3[nH]cc(NC(=O)c4ccccc4O)c3n2)cc1.CC(C)S(=O)(=O)c1ccc(-c2cnc3c(n2)c(NC(=O)c2ccccc2O)cn3C(c2ccccc2)(c2ccccc2)c2ccccc2)cc1. The summed E-state index contributed by atoms with van der Waals surface area (Å²) in [7, 11) is -6.82. The maximum absolute atomic E-state index is 13.7. The molecule has 0 aliphatic carbocycles. The topological polar surface area (TPSA) is 239 Å². The molecule has 7 aromatic carbocycles. The van der Waals surface area contributed by atoms with Gasteiger partial charge in [-0.3, -0.25) is 9.59 Å². The first-order valence-electron chi connectivity index (χ1n) is 25.7. The zero-order valence-electron chi connectivity index (χ0n) is 44.3. The van der Waals surface area contributed by atoms with Gasteiger partial charge < -0.3 is 30.4 Å². The highest BCUT2D eigenvalue weighted by molar-refractivity contribution is 7.92.